The summed E-state index contributed by atoms with van der Waals surface area (Å²) in [6.45, 7) is -0.0641. The maximum atomic E-state index is 12.0. The predicted octanol–water partition coefficient (Wildman–Crippen LogP) is 2.81. The Bertz CT molecular complexity index is 726. The fourth-order valence-corrected chi connectivity index (χ4v) is 2.99. The standard InChI is InChI=1S/C18H22N4O2/c23-17(12-20-18(24)22-14-7-2-1-3-8-14)21-15-10-13-6-4-5-9-16(13)19-11-15/h4-6,9-11,14H,1-3,7-8,12H2,(H,21,23)(H2,20,22,24). The highest BCUT2D eigenvalue weighted by Gasteiger charge is 2.15. The number of amides is 3. The molecule has 0 aliphatic heterocycles. The van der Waals surface area contributed by atoms with Gasteiger partial charge in [-0.1, -0.05) is 37.5 Å². The van der Waals surface area contributed by atoms with E-state index in [0.29, 0.717) is 5.69 Å². The minimum Gasteiger partial charge on any atom is -0.335 e. The first-order chi connectivity index (χ1) is 11.7. The molecule has 0 unspecified atom stereocenters. The number of carbonyl (C=O) groups is 2. The molecule has 126 valence electrons. The number of pyridine rings is 1. The van der Waals surface area contributed by atoms with Crippen LogP contribution in [0, 0.1) is 0 Å². The number of urea groups is 1. The molecular formula is C18H22N4O2. The fourth-order valence-electron chi connectivity index (χ4n) is 2.99. The fraction of sp³-hybridized carbons (Fsp3) is 0.389. The summed E-state index contributed by atoms with van der Waals surface area (Å²) in [7, 11) is 0. The Morgan fingerprint density at radius 1 is 1.12 bits per heavy atom. The summed E-state index contributed by atoms with van der Waals surface area (Å²) in [5, 5.41) is 9.23. The number of para-hydroxylation sites is 1. The number of benzene rings is 1. The lowest BCUT2D eigenvalue weighted by atomic mass is 9.96. The van der Waals surface area contributed by atoms with Crippen LogP contribution in [0.15, 0.2) is 36.5 Å². The number of nitrogens with one attached hydrogen (secondary N) is 3. The molecule has 2 aromatic rings. The first-order valence-electron chi connectivity index (χ1n) is 8.40. The Morgan fingerprint density at radius 2 is 1.92 bits per heavy atom. The Morgan fingerprint density at radius 3 is 2.75 bits per heavy atom. The molecule has 1 aliphatic rings. The molecule has 0 atom stereocenters. The van der Waals surface area contributed by atoms with Gasteiger partial charge in [-0.05, 0) is 25.0 Å². The Kier molecular flexibility index (Phi) is 5.25. The third kappa shape index (κ3) is 4.44. The monoisotopic (exact) mass is 326 g/mol. The summed E-state index contributed by atoms with van der Waals surface area (Å²) in [6, 6.07) is 9.50. The summed E-state index contributed by atoms with van der Waals surface area (Å²) < 4.78 is 0. The van der Waals surface area contributed by atoms with Gasteiger partial charge < -0.3 is 16.0 Å². The first kappa shape index (κ1) is 16.2. The van der Waals surface area contributed by atoms with Gasteiger partial charge in [0.1, 0.15) is 0 Å². The molecule has 1 fully saturated rings. The van der Waals surface area contributed by atoms with E-state index in [1.165, 1.54) is 6.42 Å². The van der Waals surface area contributed by atoms with E-state index in [4.69, 9.17) is 0 Å². The van der Waals surface area contributed by atoms with E-state index < -0.39 is 0 Å². The molecule has 1 heterocycles. The minimum atomic E-state index is -0.284. The van der Waals surface area contributed by atoms with Gasteiger partial charge in [0.05, 0.1) is 23.9 Å². The number of hydrogen-bond donors (Lipinski definition) is 3. The van der Waals surface area contributed by atoms with Crippen LogP contribution in [-0.2, 0) is 4.79 Å². The van der Waals surface area contributed by atoms with Crippen molar-refractivity contribution in [1.82, 2.24) is 15.6 Å². The van der Waals surface area contributed by atoms with Crippen LogP contribution in [0.25, 0.3) is 10.9 Å². The average Bonchev–Trinajstić information content (AvgIpc) is 2.61. The smallest absolute Gasteiger partial charge is 0.315 e. The van der Waals surface area contributed by atoms with Crippen molar-refractivity contribution in [3.8, 4) is 0 Å². The number of aromatic nitrogens is 1. The van der Waals surface area contributed by atoms with Crippen LogP contribution in [0.1, 0.15) is 32.1 Å². The van der Waals surface area contributed by atoms with Gasteiger partial charge in [-0.15, -0.1) is 0 Å². The number of anilines is 1. The van der Waals surface area contributed by atoms with Gasteiger partial charge in [0, 0.05) is 11.4 Å². The lowest BCUT2D eigenvalue weighted by molar-refractivity contribution is -0.115. The van der Waals surface area contributed by atoms with Crippen molar-refractivity contribution < 1.29 is 9.59 Å². The van der Waals surface area contributed by atoms with Crippen molar-refractivity contribution in [3.05, 3.63) is 36.5 Å². The highest BCUT2D eigenvalue weighted by atomic mass is 16.2. The van der Waals surface area contributed by atoms with Crippen LogP contribution in [0.3, 0.4) is 0 Å². The van der Waals surface area contributed by atoms with Gasteiger partial charge in [0.25, 0.3) is 0 Å². The van der Waals surface area contributed by atoms with E-state index in [1.807, 2.05) is 30.3 Å². The Labute approximate surface area is 141 Å². The molecule has 1 aromatic carbocycles. The molecule has 1 aromatic heterocycles. The second kappa shape index (κ2) is 7.77. The van der Waals surface area contributed by atoms with Gasteiger partial charge in [-0.2, -0.15) is 0 Å². The number of nitrogens with zero attached hydrogens (tertiary/aromatic N) is 1. The van der Waals surface area contributed by atoms with Gasteiger partial charge in [0.2, 0.25) is 5.91 Å². The van der Waals surface area contributed by atoms with Gasteiger partial charge in [-0.3, -0.25) is 9.78 Å². The van der Waals surface area contributed by atoms with Crippen molar-refractivity contribution in [1.29, 1.82) is 0 Å². The third-order valence-corrected chi connectivity index (χ3v) is 4.22. The second-order valence-electron chi connectivity index (χ2n) is 6.13. The second-order valence-corrected chi connectivity index (χ2v) is 6.13. The molecule has 24 heavy (non-hydrogen) atoms. The Hall–Kier alpha value is -2.63. The predicted molar refractivity (Wildman–Crippen MR) is 93.8 cm³/mol. The van der Waals surface area contributed by atoms with Crippen LogP contribution < -0.4 is 16.0 Å². The van der Waals surface area contributed by atoms with Crippen molar-refractivity contribution in [2.45, 2.75) is 38.1 Å². The summed E-state index contributed by atoms with van der Waals surface area (Å²) in [6.07, 6.45) is 7.19. The summed E-state index contributed by atoms with van der Waals surface area (Å²) in [5.41, 5.74) is 1.49. The number of fused-ring (bicyclic) bond motifs is 1. The SMILES string of the molecule is O=C(CNC(=O)NC1CCCCC1)Nc1cnc2ccccc2c1. The quantitative estimate of drug-likeness (QED) is 0.808. The largest absolute Gasteiger partial charge is 0.335 e. The lowest BCUT2D eigenvalue weighted by Gasteiger charge is -2.22. The van der Waals surface area contributed by atoms with E-state index in [1.54, 1.807) is 6.20 Å². The zero-order valence-corrected chi connectivity index (χ0v) is 13.5. The lowest BCUT2D eigenvalue weighted by Crippen LogP contribution is -2.45. The van der Waals surface area contributed by atoms with Crippen molar-refractivity contribution >= 4 is 28.5 Å². The number of carbonyl (C=O) groups excluding carboxylic acids is 2. The maximum Gasteiger partial charge on any atom is 0.315 e. The van der Waals surface area contributed by atoms with Crippen molar-refractivity contribution in [2.75, 3.05) is 11.9 Å². The molecule has 3 rings (SSSR count). The van der Waals surface area contributed by atoms with E-state index in [2.05, 4.69) is 20.9 Å². The van der Waals surface area contributed by atoms with Crippen molar-refractivity contribution in [2.24, 2.45) is 0 Å². The molecule has 1 saturated carbocycles. The van der Waals surface area contributed by atoms with E-state index in [-0.39, 0.29) is 24.5 Å². The molecule has 3 amide bonds. The molecular weight excluding hydrogens is 304 g/mol. The van der Waals surface area contributed by atoms with Crippen LogP contribution in [0.5, 0.6) is 0 Å². The number of rotatable bonds is 4. The summed E-state index contributed by atoms with van der Waals surface area (Å²) >= 11 is 0. The molecule has 3 N–H and O–H groups in total. The summed E-state index contributed by atoms with van der Waals surface area (Å²) in [4.78, 5) is 28.1. The molecule has 6 heteroatoms. The minimum absolute atomic E-state index is 0.0641. The number of hydrogen-bond acceptors (Lipinski definition) is 3. The van der Waals surface area contributed by atoms with Gasteiger partial charge >= 0.3 is 6.03 Å². The molecule has 0 saturated heterocycles. The molecule has 0 radical (unpaired) electrons. The molecule has 0 bridgehead atoms. The molecule has 1 aliphatic carbocycles. The normalized spacial score (nSPS) is 15.0. The Balaban J connectivity index is 1.46. The van der Waals surface area contributed by atoms with E-state index in [9.17, 15) is 9.59 Å². The highest BCUT2D eigenvalue weighted by Crippen LogP contribution is 2.17. The van der Waals surface area contributed by atoms with E-state index in [0.717, 1.165) is 36.6 Å². The van der Waals surface area contributed by atoms with Crippen LogP contribution in [0.4, 0.5) is 10.5 Å². The van der Waals surface area contributed by atoms with Crippen LogP contribution in [-0.4, -0.2) is 29.5 Å². The highest BCUT2D eigenvalue weighted by molar-refractivity contribution is 5.95. The molecule has 0 spiro atoms. The third-order valence-electron chi connectivity index (χ3n) is 4.22. The molecule has 6 nitrogen and oxygen atoms in total. The zero-order chi connectivity index (χ0) is 16.8. The van der Waals surface area contributed by atoms with E-state index >= 15 is 0 Å². The van der Waals surface area contributed by atoms with Crippen molar-refractivity contribution in [3.63, 3.8) is 0 Å². The van der Waals surface area contributed by atoms with Crippen LogP contribution in [0.2, 0.25) is 0 Å². The van der Waals surface area contributed by atoms with Crippen LogP contribution >= 0.6 is 0 Å². The topological polar surface area (TPSA) is 83.1 Å². The van der Waals surface area contributed by atoms with Gasteiger partial charge in [0.15, 0.2) is 0 Å². The first-order valence-corrected chi connectivity index (χ1v) is 8.40. The summed E-state index contributed by atoms with van der Waals surface area (Å²) in [5.74, 6) is -0.272. The maximum absolute atomic E-state index is 12.0. The average molecular weight is 326 g/mol. The zero-order valence-electron chi connectivity index (χ0n) is 13.5. The van der Waals surface area contributed by atoms with Gasteiger partial charge in [-0.25, -0.2) is 4.79 Å².